The predicted molar refractivity (Wildman–Crippen MR) is 158 cm³/mol. The number of piperazine rings is 1. The molecule has 3 heterocycles. The van der Waals surface area contributed by atoms with Crippen molar-refractivity contribution in [2.45, 2.75) is 37.3 Å². The Hall–Kier alpha value is -2.98. The molecule has 0 spiro atoms. The Kier molecular flexibility index (Phi) is 8.57. The van der Waals surface area contributed by atoms with E-state index in [1.807, 2.05) is 35.2 Å². The number of fused-ring (bicyclic) bond motifs is 3. The lowest BCUT2D eigenvalue weighted by atomic mass is 9.74. The van der Waals surface area contributed by atoms with Crippen LogP contribution in [0.3, 0.4) is 0 Å². The number of methoxy groups -OCH3 is 2. The van der Waals surface area contributed by atoms with Gasteiger partial charge in [0.15, 0.2) is 11.5 Å². The number of morpholine rings is 1. The molecule has 0 radical (unpaired) electrons. The van der Waals surface area contributed by atoms with Gasteiger partial charge in [-0.3, -0.25) is 19.6 Å². The smallest absolute Gasteiger partial charge is 0.253 e. The van der Waals surface area contributed by atoms with Crippen molar-refractivity contribution in [3.63, 3.8) is 0 Å². The molecule has 4 aliphatic rings. The average Bonchev–Trinajstić information content (AvgIpc) is 3.03. The third-order valence-corrected chi connectivity index (χ3v) is 9.19. The predicted octanol–water partition coefficient (Wildman–Crippen LogP) is 2.64. The Balaban J connectivity index is 1.15. The van der Waals surface area contributed by atoms with Crippen LogP contribution in [0.15, 0.2) is 41.4 Å². The summed E-state index contributed by atoms with van der Waals surface area (Å²) in [6.07, 6.45) is 1.98. The standard InChI is InChI=1S/C32H42N4O5/c1-39-29-20-25-26-19-24(37)7-8-28(26)33-31(27(25)21-30(29)40-2)22-3-5-23(6-4-22)32(38)36-13-11-34(12-14-36)9-10-35-15-17-41-18-16-35/h3-6,20-21,24,26,28,37H,7-19H2,1-2H3. The molecule has 9 nitrogen and oxygen atoms in total. The van der Waals surface area contributed by atoms with Crippen molar-refractivity contribution in [2.24, 2.45) is 4.99 Å². The lowest BCUT2D eigenvalue weighted by molar-refractivity contribution is 0.0293. The zero-order valence-electron chi connectivity index (χ0n) is 24.3. The fourth-order valence-corrected chi connectivity index (χ4v) is 6.73. The third-order valence-electron chi connectivity index (χ3n) is 9.19. The van der Waals surface area contributed by atoms with Crippen molar-refractivity contribution in [3.05, 3.63) is 58.7 Å². The van der Waals surface area contributed by atoms with Gasteiger partial charge in [-0.15, -0.1) is 0 Å². The Labute approximate surface area is 242 Å². The van der Waals surface area contributed by atoms with Crippen LogP contribution >= 0.6 is 0 Å². The normalized spacial score (nSPS) is 25.2. The summed E-state index contributed by atoms with van der Waals surface area (Å²) in [5.41, 5.74) is 4.74. The van der Waals surface area contributed by atoms with Crippen LogP contribution in [0, 0.1) is 0 Å². The second-order valence-electron chi connectivity index (χ2n) is 11.6. The van der Waals surface area contributed by atoms with E-state index in [4.69, 9.17) is 19.2 Å². The van der Waals surface area contributed by atoms with E-state index in [1.54, 1.807) is 14.2 Å². The fourth-order valence-electron chi connectivity index (χ4n) is 6.73. The van der Waals surface area contributed by atoms with Gasteiger partial charge >= 0.3 is 0 Å². The van der Waals surface area contributed by atoms with Gasteiger partial charge in [-0.1, -0.05) is 12.1 Å². The molecular weight excluding hydrogens is 520 g/mol. The van der Waals surface area contributed by atoms with Crippen LogP contribution < -0.4 is 9.47 Å². The number of amides is 1. The van der Waals surface area contributed by atoms with Gasteiger partial charge in [0.2, 0.25) is 0 Å². The minimum Gasteiger partial charge on any atom is -0.493 e. The maximum absolute atomic E-state index is 13.4. The average molecular weight is 563 g/mol. The molecule has 0 bridgehead atoms. The number of aliphatic hydroxyl groups excluding tert-OH is 1. The first-order chi connectivity index (χ1) is 20.0. The summed E-state index contributed by atoms with van der Waals surface area (Å²) in [7, 11) is 3.29. The van der Waals surface area contributed by atoms with E-state index in [9.17, 15) is 9.90 Å². The number of ether oxygens (including phenoxy) is 3. The number of carbonyl (C=O) groups excluding carboxylic acids is 1. The minimum atomic E-state index is -0.314. The largest absolute Gasteiger partial charge is 0.493 e. The molecule has 3 unspecified atom stereocenters. The van der Waals surface area contributed by atoms with Crippen LogP contribution in [0.2, 0.25) is 0 Å². The lowest BCUT2D eigenvalue weighted by Gasteiger charge is -2.37. The Bertz CT molecular complexity index is 1250. The van der Waals surface area contributed by atoms with Gasteiger partial charge in [0, 0.05) is 75.0 Å². The second kappa shape index (κ2) is 12.5. The van der Waals surface area contributed by atoms with Gasteiger partial charge in [0.1, 0.15) is 0 Å². The molecule has 3 aliphatic heterocycles. The molecule has 2 aromatic carbocycles. The lowest BCUT2D eigenvalue weighted by Crippen LogP contribution is -2.51. The van der Waals surface area contributed by atoms with E-state index in [1.165, 1.54) is 0 Å². The zero-order chi connectivity index (χ0) is 28.3. The number of aliphatic hydroxyl groups is 1. The number of hydrogen-bond acceptors (Lipinski definition) is 8. The number of benzene rings is 2. The highest BCUT2D eigenvalue weighted by atomic mass is 16.5. The van der Waals surface area contributed by atoms with Gasteiger partial charge in [-0.2, -0.15) is 0 Å². The van der Waals surface area contributed by atoms with Gasteiger partial charge in [-0.25, -0.2) is 0 Å². The summed E-state index contributed by atoms with van der Waals surface area (Å²) in [6, 6.07) is 12.1. The van der Waals surface area contributed by atoms with E-state index in [2.05, 4.69) is 15.9 Å². The molecule has 220 valence electrons. The highest BCUT2D eigenvalue weighted by Gasteiger charge is 2.37. The van der Waals surface area contributed by atoms with Crippen molar-refractivity contribution in [3.8, 4) is 11.5 Å². The van der Waals surface area contributed by atoms with E-state index < -0.39 is 0 Å². The zero-order valence-corrected chi connectivity index (χ0v) is 24.3. The number of carbonyl (C=O) groups is 1. The first kappa shape index (κ1) is 28.2. The van der Waals surface area contributed by atoms with Crippen molar-refractivity contribution in [1.82, 2.24) is 14.7 Å². The minimum absolute atomic E-state index is 0.0862. The van der Waals surface area contributed by atoms with Gasteiger partial charge < -0.3 is 24.2 Å². The maximum atomic E-state index is 13.4. The molecule has 9 heteroatoms. The molecule has 41 heavy (non-hydrogen) atoms. The summed E-state index contributed by atoms with van der Waals surface area (Å²) in [5.74, 6) is 1.58. The van der Waals surface area contributed by atoms with Gasteiger partial charge in [-0.05, 0) is 49.1 Å². The third kappa shape index (κ3) is 6.00. The van der Waals surface area contributed by atoms with E-state index in [0.29, 0.717) is 23.5 Å². The molecule has 1 aliphatic carbocycles. The van der Waals surface area contributed by atoms with Crippen LogP contribution in [-0.4, -0.2) is 123 Å². The van der Waals surface area contributed by atoms with Crippen molar-refractivity contribution in [1.29, 1.82) is 0 Å². The fraction of sp³-hybridized carbons (Fsp3) is 0.562. The first-order valence-corrected chi connectivity index (χ1v) is 15.0. The highest BCUT2D eigenvalue weighted by Crippen LogP contribution is 2.44. The molecule has 2 saturated heterocycles. The summed E-state index contributed by atoms with van der Waals surface area (Å²) in [6.45, 7) is 9.10. The second-order valence-corrected chi connectivity index (χ2v) is 11.6. The number of aliphatic imine (C=N–C) groups is 1. The molecule has 1 saturated carbocycles. The van der Waals surface area contributed by atoms with E-state index in [0.717, 1.165) is 101 Å². The van der Waals surface area contributed by atoms with Crippen LogP contribution in [0.1, 0.15) is 52.2 Å². The molecule has 6 rings (SSSR count). The first-order valence-electron chi connectivity index (χ1n) is 15.0. The molecule has 1 amide bonds. The molecule has 3 fully saturated rings. The van der Waals surface area contributed by atoms with Gasteiger partial charge in [0.05, 0.1) is 45.3 Å². The van der Waals surface area contributed by atoms with Crippen LogP contribution in [0.5, 0.6) is 11.5 Å². The Morgan fingerprint density at radius 2 is 1.59 bits per heavy atom. The summed E-state index contributed by atoms with van der Waals surface area (Å²) in [5, 5.41) is 10.4. The SMILES string of the molecule is COc1cc2c(cc1OC)C1CC(O)CCC1N=C2c1ccc(C(=O)N2CCN(CCN3CCOCC3)CC2)cc1. The molecule has 0 aromatic heterocycles. The summed E-state index contributed by atoms with van der Waals surface area (Å²) >= 11 is 0. The topological polar surface area (TPSA) is 87.1 Å². The molecular formula is C32H42N4O5. The van der Waals surface area contributed by atoms with Crippen molar-refractivity contribution in [2.75, 3.05) is 79.8 Å². The van der Waals surface area contributed by atoms with Crippen LogP contribution in [0.25, 0.3) is 0 Å². The van der Waals surface area contributed by atoms with E-state index in [-0.39, 0.29) is 24.0 Å². The number of rotatable bonds is 7. The Morgan fingerprint density at radius 1 is 0.927 bits per heavy atom. The monoisotopic (exact) mass is 562 g/mol. The maximum Gasteiger partial charge on any atom is 0.253 e. The molecule has 3 atom stereocenters. The molecule has 2 aromatic rings. The highest BCUT2D eigenvalue weighted by molar-refractivity contribution is 6.15. The number of hydrogen-bond donors (Lipinski definition) is 1. The number of nitrogens with zero attached hydrogens (tertiary/aromatic N) is 4. The van der Waals surface area contributed by atoms with Crippen LogP contribution in [0.4, 0.5) is 0 Å². The quantitative estimate of drug-likeness (QED) is 0.555. The summed E-state index contributed by atoms with van der Waals surface area (Å²) < 4.78 is 16.7. The van der Waals surface area contributed by atoms with Crippen molar-refractivity contribution >= 4 is 11.6 Å². The van der Waals surface area contributed by atoms with Gasteiger partial charge in [0.25, 0.3) is 5.91 Å². The Morgan fingerprint density at radius 3 is 2.27 bits per heavy atom. The van der Waals surface area contributed by atoms with E-state index >= 15 is 0 Å². The molecule has 1 N–H and O–H groups in total. The van der Waals surface area contributed by atoms with Crippen molar-refractivity contribution < 1.29 is 24.1 Å². The summed E-state index contributed by atoms with van der Waals surface area (Å²) in [4.78, 5) is 25.5. The van der Waals surface area contributed by atoms with Crippen LogP contribution in [-0.2, 0) is 4.74 Å².